The minimum absolute atomic E-state index is 0.0882. The van der Waals surface area contributed by atoms with Gasteiger partial charge in [0.2, 0.25) is 0 Å². The molecular weight excluding hydrogens is 424 g/mol. The van der Waals surface area contributed by atoms with Gasteiger partial charge in [0.05, 0.1) is 0 Å². The summed E-state index contributed by atoms with van der Waals surface area (Å²) in [4.78, 5) is 23.5. The predicted octanol–water partition coefficient (Wildman–Crippen LogP) is 2.53. The van der Waals surface area contributed by atoms with Crippen LogP contribution in [0.5, 0.6) is 0 Å². The summed E-state index contributed by atoms with van der Waals surface area (Å²) in [5, 5.41) is 0. The first-order valence-electron chi connectivity index (χ1n) is 8.08. The minimum atomic E-state index is -4.64. The number of fused-ring (bicyclic) bond motifs is 1. The number of methoxy groups -OCH3 is 1. The van der Waals surface area contributed by atoms with Gasteiger partial charge in [0, 0.05) is 0 Å². The van der Waals surface area contributed by atoms with Crippen LogP contribution in [0.2, 0.25) is 4.71 Å². The molecule has 0 aliphatic heterocycles. The number of hydrogen-bond acceptors (Lipinski definition) is 5. The van der Waals surface area contributed by atoms with Crippen LogP contribution in [0.4, 0.5) is 13.2 Å². The van der Waals surface area contributed by atoms with Crippen molar-refractivity contribution in [3.63, 3.8) is 0 Å². The Morgan fingerprint density at radius 2 is 2.07 bits per heavy atom. The molecule has 27 heavy (non-hydrogen) atoms. The number of carbonyl (C=O) groups is 1. The van der Waals surface area contributed by atoms with E-state index < -0.39 is 33.7 Å². The van der Waals surface area contributed by atoms with E-state index in [9.17, 15) is 18.0 Å². The molecule has 0 bridgehead atoms. The van der Waals surface area contributed by atoms with Gasteiger partial charge in [-0.05, 0) is 0 Å². The van der Waals surface area contributed by atoms with Crippen molar-refractivity contribution in [1.82, 2.24) is 19.5 Å². The Bertz CT molecular complexity index is 1030. The first kappa shape index (κ1) is 18.0. The van der Waals surface area contributed by atoms with Crippen LogP contribution in [-0.2, 0) is 10.9 Å². The number of ether oxygens (including phenoxy) is 1. The summed E-state index contributed by atoms with van der Waals surface area (Å²) >= 11 is -0.502. The van der Waals surface area contributed by atoms with Crippen LogP contribution in [-0.4, -0.2) is 48.4 Å². The van der Waals surface area contributed by atoms with Crippen molar-refractivity contribution in [2.45, 2.75) is 23.7 Å². The molecule has 0 unspecified atom stereocenters. The molecule has 2 aromatic heterocycles. The van der Waals surface area contributed by atoms with Crippen molar-refractivity contribution in [3.8, 4) is 5.69 Å². The molecule has 2 heterocycles. The van der Waals surface area contributed by atoms with Crippen LogP contribution in [0.1, 0.15) is 29.0 Å². The van der Waals surface area contributed by atoms with E-state index >= 15 is 0 Å². The molecule has 0 atom stereocenters. The van der Waals surface area contributed by atoms with Gasteiger partial charge in [-0.1, -0.05) is 0 Å². The first-order chi connectivity index (χ1) is 12.9. The van der Waals surface area contributed by atoms with E-state index in [1.165, 1.54) is 24.1 Å². The number of hydrogen-bond donors (Lipinski definition) is 0. The molecule has 10 heteroatoms. The van der Waals surface area contributed by atoms with E-state index in [4.69, 9.17) is 4.74 Å². The normalized spacial score (nSPS) is 15.0. The van der Waals surface area contributed by atoms with Gasteiger partial charge in [0.25, 0.3) is 0 Å². The van der Waals surface area contributed by atoms with Crippen molar-refractivity contribution in [2.24, 2.45) is 0 Å². The Morgan fingerprint density at radius 3 is 2.74 bits per heavy atom. The maximum atomic E-state index is 13.3. The first-order valence-corrected chi connectivity index (χ1v) is 10.1. The van der Waals surface area contributed by atoms with Gasteiger partial charge < -0.3 is 0 Å². The molecule has 1 aliphatic rings. The Hall–Kier alpha value is -2.41. The molecule has 1 radical (unpaired) electrons. The fourth-order valence-corrected chi connectivity index (χ4v) is 5.06. The summed E-state index contributed by atoms with van der Waals surface area (Å²) in [6.07, 6.45) is -1.19. The second-order valence-electron chi connectivity index (χ2n) is 6.06. The van der Waals surface area contributed by atoms with Gasteiger partial charge >= 0.3 is 158 Å². The number of alkyl halides is 3. The van der Waals surface area contributed by atoms with Gasteiger partial charge in [0.1, 0.15) is 0 Å². The second-order valence-corrected chi connectivity index (χ2v) is 9.02. The zero-order chi connectivity index (χ0) is 19.2. The zero-order valence-electron chi connectivity index (χ0n) is 14.1. The van der Waals surface area contributed by atoms with Crippen molar-refractivity contribution in [2.75, 3.05) is 7.11 Å². The molecule has 139 valence electrons. The number of carbonyl (C=O) groups excluding carboxylic acids is 1. The second kappa shape index (κ2) is 6.64. The third kappa shape index (κ3) is 3.56. The standard InChI is InChI=1S/C17H13AsF3N4O2/c1-27-15(26)9-3-2-4-11(7-9)25-8-22-12-13(18-10-5-6-10)23-16(17(19,20)21)24-14(12)25/h2-4,7-8,10H,5-6H2,1H3. The molecule has 1 fully saturated rings. The fraction of sp³-hybridized carbons (Fsp3) is 0.294. The summed E-state index contributed by atoms with van der Waals surface area (Å²) in [5.74, 6) is -1.70. The summed E-state index contributed by atoms with van der Waals surface area (Å²) in [6, 6.07) is 6.37. The molecule has 0 saturated heterocycles. The molecule has 0 N–H and O–H groups in total. The topological polar surface area (TPSA) is 69.9 Å². The molecule has 1 aromatic carbocycles. The Morgan fingerprint density at radius 1 is 1.30 bits per heavy atom. The molecule has 6 nitrogen and oxygen atoms in total. The van der Waals surface area contributed by atoms with E-state index in [1.807, 2.05) is 0 Å². The summed E-state index contributed by atoms with van der Waals surface area (Å²) < 4.78 is 46.9. The molecule has 3 aromatic rings. The summed E-state index contributed by atoms with van der Waals surface area (Å²) in [5.41, 5.74) is 1.23. The van der Waals surface area contributed by atoms with Crippen molar-refractivity contribution in [3.05, 3.63) is 42.0 Å². The van der Waals surface area contributed by atoms with Gasteiger partial charge in [0.15, 0.2) is 0 Å². The van der Waals surface area contributed by atoms with E-state index in [0.717, 1.165) is 12.8 Å². The van der Waals surface area contributed by atoms with Crippen molar-refractivity contribution in [1.29, 1.82) is 0 Å². The SMILES string of the molecule is COC(=O)c1cccc(-n2cnc3c([As]C4CC4)nc(C(F)(F)F)nc32)c1. The van der Waals surface area contributed by atoms with Gasteiger partial charge in [-0.15, -0.1) is 0 Å². The van der Waals surface area contributed by atoms with E-state index in [-0.39, 0.29) is 11.2 Å². The monoisotopic (exact) mass is 437 g/mol. The summed E-state index contributed by atoms with van der Waals surface area (Å²) in [6.45, 7) is 0. The van der Waals surface area contributed by atoms with Crippen LogP contribution in [0.25, 0.3) is 16.9 Å². The van der Waals surface area contributed by atoms with Crippen LogP contribution in [0.3, 0.4) is 0 Å². The summed E-state index contributed by atoms with van der Waals surface area (Å²) in [7, 11) is 1.26. The molecule has 1 saturated carbocycles. The predicted molar refractivity (Wildman–Crippen MR) is 91.4 cm³/mol. The van der Waals surface area contributed by atoms with Crippen LogP contribution >= 0.6 is 0 Å². The quantitative estimate of drug-likeness (QED) is 0.464. The van der Waals surface area contributed by atoms with Gasteiger partial charge in [-0.3, -0.25) is 0 Å². The van der Waals surface area contributed by atoms with Crippen LogP contribution in [0.15, 0.2) is 30.6 Å². The Kier molecular flexibility index (Phi) is 4.42. The third-order valence-corrected chi connectivity index (χ3v) is 7.05. The Labute approximate surface area is 158 Å². The number of aromatic nitrogens is 4. The molecular formula is C17H13AsF3N4O2. The number of halogens is 3. The molecule has 1 aliphatic carbocycles. The van der Waals surface area contributed by atoms with Crippen molar-refractivity contribution < 1.29 is 22.7 Å². The maximum absolute atomic E-state index is 13.3. The fourth-order valence-electron chi connectivity index (χ4n) is 2.57. The van der Waals surface area contributed by atoms with Crippen molar-refractivity contribution >= 4 is 37.4 Å². The molecule has 0 amide bonds. The number of esters is 1. The average molecular weight is 437 g/mol. The number of benzene rings is 1. The molecule has 4 rings (SSSR count). The van der Waals surface area contributed by atoms with E-state index in [2.05, 4.69) is 15.0 Å². The molecule has 0 spiro atoms. The van der Waals surface area contributed by atoms with E-state index in [0.29, 0.717) is 20.4 Å². The third-order valence-electron chi connectivity index (χ3n) is 4.03. The number of rotatable bonds is 4. The van der Waals surface area contributed by atoms with Crippen LogP contribution in [0, 0.1) is 0 Å². The van der Waals surface area contributed by atoms with Gasteiger partial charge in [-0.25, -0.2) is 0 Å². The average Bonchev–Trinajstić information content (AvgIpc) is 3.35. The van der Waals surface area contributed by atoms with Crippen LogP contribution < -0.4 is 4.48 Å². The van der Waals surface area contributed by atoms with Gasteiger partial charge in [-0.2, -0.15) is 0 Å². The van der Waals surface area contributed by atoms with E-state index in [1.54, 1.807) is 18.2 Å². The number of imidazole rings is 1. The number of nitrogens with zero attached hydrogens (tertiary/aromatic N) is 4. The Balaban J connectivity index is 1.88. The zero-order valence-corrected chi connectivity index (χ0v) is 15.9.